The minimum atomic E-state index is -0.300. The lowest BCUT2D eigenvalue weighted by atomic mass is 10.1. The molecule has 0 aliphatic rings. The number of likely N-dealkylation sites (N-methyl/N-ethyl adjacent to an activating group) is 1. The highest BCUT2D eigenvalue weighted by molar-refractivity contribution is 5.93. The van der Waals surface area contributed by atoms with Gasteiger partial charge in [-0.3, -0.25) is 19.5 Å². The number of ether oxygens (including phenoxy) is 1. The lowest BCUT2D eigenvalue weighted by Crippen LogP contribution is -2.36. The number of nitrogens with zero attached hydrogens (tertiary/aromatic N) is 3. The Morgan fingerprint density at radius 1 is 1.10 bits per heavy atom. The first kappa shape index (κ1) is 20.1. The Kier molecular flexibility index (Phi) is 6.29. The van der Waals surface area contributed by atoms with Crippen molar-refractivity contribution in [3.63, 3.8) is 0 Å². The Hall–Kier alpha value is -3.61. The first-order chi connectivity index (χ1) is 14.0. The first-order valence-corrected chi connectivity index (χ1v) is 9.36. The van der Waals surface area contributed by atoms with Gasteiger partial charge in [-0.2, -0.15) is 0 Å². The third-order valence-electron chi connectivity index (χ3n) is 4.54. The van der Waals surface area contributed by atoms with Crippen LogP contribution in [0.5, 0.6) is 5.75 Å². The number of amides is 2. The predicted octanol–water partition coefficient (Wildman–Crippen LogP) is 3.35. The monoisotopic (exact) mass is 392 g/mol. The van der Waals surface area contributed by atoms with Crippen LogP contribution in [0, 0.1) is 0 Å². The van der Waals surface area contributed by atoms with Gasteiger partial charge in [0.15, 0.2) is 0 Å². The summed E-state index contributed by atoms with van der Waals surface area (Å²) in [6.07, 6.45) is 1.87. The minimum Gasteiger partial charge on any atom is -0.497 e. The van der Waals surface area contributed by atoms with E-state index in [4.69, 9.17) is 4.74 Å². The highest BCUT2D eigenvalue weighted by Crippen LogP contribution is 2.26. The van der Waals surface area contributed by atoms with Gasteiger partial charge >= 0.3 is 0 Å². The number of para-hydroxylation sites is 1. The Balaban J connectivity index is 1.92. The highest BCUT2D eigenvalue weighted by atomic mass is 16.5. The number of benzene rings is 2. The fourth-order valence-electron chi connectivity index (χ4n) is 2.94. The van der Waals surface area contributed by atoms with Gasteiger partial charge in [0.1, 0.15) is 5.75 Å². The van der Waals surface area contributed by atoms with Crippen LogP contribution < -0.4 is 10.1 Å². The molecule has 3 aromatic rings. The molecule has 0 fully saturated rings. The van der Waals surface area contributed by atoms with Crippen LogP contribution in [0.25, 0.3) is 16.9 Å². The normalized spacial score (nSPS) is 10.4. The Morgan fingerprint density at radius 2 is 1.79 bits per heavy atom. The van der Waals surface area contributed by atoms with E-state index >= 15 is 0 Å². The highest BCUT2D eigenvalue weighted by Gasteiger charge is 2.17. The van der Waals surface area contributed by atoms with Crippen LogP contribution in [0.15, 0.2) is 60.8 Å². The zero-order valence-electron chi connectivity index (χ0n) is 16.8. The second-order valence-corrected chi connectivity index (χ2v) is 6.47. The summed E-state index contributed by atoms with van der Waals surface area (Å²) in [5.74, 6) is 0.708. The maximum atomic E-state index is 12.5. The summed E-state index contributed by atoms with van der Waals surface area (Å²) in [4.78, 5) is 30.2. The molecule has 0 radical (unpaired) electrons. The van der Waals surface area contributed by atoms with E-state index in [0.717, 1.165) is 17.0 Å². The van der Waals surface area contributed by atoms with E-state index in [0.29, 0.717) is 18.2 Å². The third kappa shape index (κ3) is 4.82. The van der Waals surface area contributed by atoms with E-state index in [1.165, 1.54) is 11.8 Å². The molecule has 0 saturated carbocycles. The molecule has 29 heavy (non-hydrogen) atoms. The van der Waals surface area contributed by atoms with Gasteiger partial charge < -0.3 is 9.64 Å². The first-order valence-electron chi connectivity index (χ1n) is 9.36. The number of methoxy groups -OCH3 is 1. The molecular weight excluding hydrogens is 368 g/mol. The van der Waals surface area contributed by atoms with Gasteiger partial charge in [0.2, 0.25) is 17.8 Å². The van der Waals surface area contributed by atoms with E-state index in [2.05, 4.69) is 10.3 Å². The summed E-state index contributed by atoms with van der Waals surface area (Å²) >= 11 is 0. The van der Waals surface area contributed by atoms with Gasteiger partial charge in [-0.05, 0) is 43.3 Å². The quantitative estimate of drug-likeness (QED) is 0.669. The molecule has 0 bridgehead atoms. The molecule has 0 spiro atoms. The van der Waals surface area contributed by atoms with Crippen LogP contribution in [0.3, 0.4) is 0 Å². The summed E-state index contributed by atoms with van der Waals surface area (Å²) in [7, 11) is 1.62. The molecule has 7 heteroatoms. The summed E-state index contributed by atoms with van der Waals surface area (Å²) in [6, 6.07) is 17.2. The number of anilines is 1. The van der Waals surface area contributed by atoms with Gasteiger partial charge in [0.05, 0.1) is 19.3 Å². The molecule has 0 unspecified atom stereocenters. The van der Waals surface area contributed by atoms with Crippen molar-refractivity contribution in [3.05, 3.63) is 60.8 Å². The van der Waals surface area contributed by atoms with Crippen molar-refractivity contribution < 1.29 is 14.3 Å². The van der Waals surface area contributed by atoms with Gasteiger partial charge in [-0.1, -0.05) is 18.2 Å². The van der Waals surface area contributed by atoms with Crippen LogP contribution in [0.4, 0.5) is 5.95 Å². The number of carbonyl (C=O) groups is 2. The van der Waals surface area contributed by atoms with Gasteiger partial charge in [0.25, 0.3) is 0 Å². The summed E-state index contributed by atoms with van der Waals surface area (Å²) in [5.41, 5.74) is 2.48. The number of nitrogens with one attached hydrogen (secondary N) is 1. The van der Waals surface area contributed by atoms with Gasteiger partial charge in [0, 0.05) is 30.9 Å². The van der Waals surface area contributed by atoms with Crippen LogP contribution in [0.1, 0.15) is 13.8 Å². The lowest BCUT2D eigenvalue weighted by molar-refractivity contribution is -0.132. The number of imidazole rings is 1. The minimum absolute atomic E-state index is 0.0225. The maximum absolute atomic E-state index is 12.5. The summed E-state index contributed by atoms with van der Waals surface area (Å²) < 4.78 is 7.03. The SMILES string of the molecule is CCN(CC(=O)Nc1nc(-c2ccc(OC)cc2)cn1-c1ccccc1)C(C)=O. The average molecular weight is 392 g/mol. The molecule has 0 aliphatic heterocycles. The van der Waals surface area contributed by atoms with Crippen molar-refractivity contribution in [2.45, 2.75) is 13.8 Å². The van der Waals surface area contributed by atoms with E-state index in [-0.39, 0.29) is 18.4 Å². The standard InChI is InChI=1S/C22H24N4O3/c1-4-25(16(2)27)15-21(28)24-22-23-20(17-10-12-19(29-3)13-11-17)14-26(22)18-8-6-5-7-9-18/h5-14H,4,15H2,1-3H3,(H,23,24,28). The van der Waals surface area contributed by atoms with Crippen molar-refractivity contribution in [1.82, 2.24) is 14.5 Å². The number of aromatic nitrogens is 2. The number of hydrogen-bond acceptors (Lipinski definition) is 4. The maximum Gasteiger partial charge on any atom is 0.246 e. The molecule has 1 aromatic heterocycles. The fraction of sp³-hybridized carbons (Fsp3) is 0.227. The molecule has 150 valence electrons. The van der Waals surface area contributed by atoms with Crippen molar-refractivity contribution in [1.29, 1.82) is 0 Å². The molecule has 0 aliphatic carbocycles. The van der Waals surface area contributed by atoms with Gasteiger partial charge in [-0.25, -0.2) is 4.98 Å². The molecular formula is C22H24N4O3. The van der Waals surface area contributed by atoms with Gasteiger partial charge in [-0.15, -0.1) is 0 Å². The molecule has 0 atom stereocenters. The van der Waals surface area contributed by atoms with Crippen LogP contribution in [-0.4, -0.2) is 46.5 Å². The molecule has 3 rings (SSSR count). The van der Waals surface area contributed by atoms with Crippen molar-refractivity contribution in [3.8, 4) is 22.7 Å². The molecule has 1 heterocycles. The second kappa shape index (κ2) is 9.05. The largest absolute Gasteiger partial charge is 0.497 e. The van der Waals surface area contributed by atoms with Crippen LogP contribution >= 0.6 is 0 Å². The Labute approximate surface area is 169 Å². The van der Waals surface area contributed by atoms with E-state index in [9.17, 15) is 9.59 Å². The molecule has 0 saturated heterocycles. The van der Waals surface area contributed by atoms with Crippen molar-refractivity contribution >= 4 is 17.8 Å². The zero-order chi connectivity index (χ0) is 20.8. The Morgan fingerprint density at radius 3 is 2.38 bits per heavy atom. The van der Waals surface area contributed by atoms with Crippen LogP contribution in [-0.2, 0) is 9.59 Å². The smallest absolute Gasteiger partial charge is 0.246 e. The van der Waals surface area contributed by atoms with Crippen molar-refractivity contribution in [2.24, 2.45) is 0 Å². The predicted molar refractivity (Wildman–Crippen MR) is 112 cm³/mol. The average Bonchev–Trinajstić information content (AvgIpc) is 3.16. The third-order valence-corrected chi connectivity index (χ3v) is 4.54. The lowest BCUT2D eigenvalue weighted by Gasteiger charge is -2.18. The van der Waals surface area contributed by atoms with E-state index in [1.807, 2.05) is 72.3 Å². The number of carbonyl (C=O) groups excluding carboxylic acids is 2. The van der Waals surface area contributed by atoms with Crippen LogP contribution in [0.2, 0.25) is 0 Å². The molecule has 1 N–H and O–H groups in total. The molecule has 2 amide bonds. The van der Waals surface area contributed by atoms with E-state index < -0.39 is 0 Å². The fourth-order valence-corrected chi connectivity index (χ4v) is 2.94. The summed E-state index contributed by atoms with van der Waals surface area (Å²) in [5, 5.41) is 2.84. The zero-order valence-corrected chi connectivity index (χ0v) is 16.8. The number of rotatable bonds is 7. The van der Waals surface area contributed by atoms with E-state index in [1.54, 1.807) is 7.11 Å². The molecule has 7 nitrogen and oxygen atoms in total. The number of hydrogen-bond donors (Lipinski definition) is 1. The topological polar surface area (TPSA) is 76.5 Å². The summed E-state index contributed by atoms with van der Waals surface area (Å²) in [6.45, 7) is 3.73. The molecule has 2 aromatic carbocycles. The second-order valence-electron chi connectivity index (χ2n) is 6.47. The Bertz CT molecular complexity index is 981. The van der Waals surface area contributed by atoms with Crippen molar-refractivity contribution in [2.75, 3.05) is 25.5 Å².